The number of esters is 3. The fraction of sp³-hybridized carbons (Fsp3) is 0.348. The van der Waals surface area contributed by atoms with E-state index in [1.165, 1.54) is 19.1 Å². The molecule has 0 amide bonds. The van der Waals surface area contributed by atoms with Gasteiger partial charge in [0.1, 0.15) is 23.5 Å². The number of benzene rings is 2. The van der Waals surface area contributed by atoms with Crippen molar-refractivity contribution in [3.63, 3.8) is 0 Å². The molecular formula is C23H22O8. The Balaban J connectivity index is 1.39. The predicted molar refractivity (Wildman–Crippen MR) is 107 cm³/mol. The van der Waals surface area contributed by atoms with E-state index in [2.05, 4.69) is 0 Å². The van der Waals surface area contributed by atoms with Gasteiger partial charge in [-0.2, -0.15) is 0 Å². The van der Waals surface area contributed by atoms with Gasteiger partial charge in [0, 0.05) is 6.92 Å². The number of fused-ring (bicyclic) bond motifs is 1. The van der Waals surface area contributed by atoms with Crippen LogP contribution in [0.15, 0.2) is 48.5 Å². The van der Waals surface area contributed by atoms with E-state index in [0.29, 0.717) is 5.56 Å². The Hall–Kier alpha value is -3.23. The summed E-state index contributed by atoms with van der Waals surface area (Å²) in [5, 5.41) is 0. The van der Waals surface area contributed by atoms with E-state index in [4.69, 9.17) is 23.7 Å². The third-order valence-electron chi connectivity index (χ3n) is 5.09. The van der Waals surface area contributed by atoms with E-state index in [-0.39, 0.29) is 24.5 Å². The van der Waals surface area contributed by atoms with Crippen LogP contribution in [-0.4, -0.2) is 55.5 Å². The molecule has 0 saturated carbocycles. The second-order valence-electron chi connectivity index (χ2n) is 7.44. The molecule has 0 unspecified atom stereocenters. The Bertz CT molecular complexity index is 1000. The fourth-order valence-corrected chi connectivity index (χ4v) is 3.69. The molecule has 2 aliphatic heterocycles. The van der Waals surface area contributed by atoms with Crippen LogP contribution in [0.4, 0.5) is 0 Å². The SMILES string of the molecule is CC(=O)Oc1ccccc1C(=O)O[C@H]1CO[C@H]2[C@@H]1OC[C@H]2OC(=O)c1cccc(C)c1. The number of carbonyl (C=O) groups excluding carboxylic acids is 3. The lowest BCUT2D eigenvalue weighted by Crippen LogP contribution is -2.36. The van der Waals surface area contributed by atoms with Crippen molar-refractivity contribution in [3.05, 3.63) is 65.2 Å². The summed E-state index contributed by atoms with van der Waals surface area (Å²) in [4.78, 5) is 36.4. The molecule has 2 saturated heterocycles. The maximum Gasteiger partial charge on any atom is 0.342 e. The lowest BCUT2D eigenvalue weighted by atomic mass is 10.1. The minimum atomic E-state index is -0.675. The van der Waals surface area contributed by atoms with Gasteiger partial charge in [-0.15, -0.1) is 0 Å². The van der Waals surface area contributed by atoms with Gasteiger partial charge in [-0.25, -0.2) is 9.59 Å². The number of aryl methyl sites for hydroxylation is 1. The molecule has 0 aromatic heterocycles. The molecule has 2 aromatic rings. The zero-order valence-corrected chi connectivity index (χ0v) is 17.1. The Morgan fingerprint density at radius 1 is 0.871 bits per heavy atom. The average molecular weight is 426 g/mol. The average Bonchev–Trinajstić information content (AvgIpc) is 3.31. The normalized spacial score (nSPS) is 24.3. The van der Waals surface area contributed by atoms with Crippen LogP contribution in [0.2, 0.25) is 0 Å². The molecule has 2 heterocycles. The van der Waals surface area contributed by atoms with Crippen LogP contribution in [0.5, 0.6) is 5.75 Å². The molecule has 4 rings (SSSR count). The third kappa shape index (κ3) is 4.60. The highest BCUT2D eigenvalue weighted by atomic mass is 16.7. The molecule has 0 aliphatic carbocycles. The minimum Gasteiger partial charge on any atom is -0.453 e. The van der Waals surface area contributed by atoms with Crippen molar-refractivity contribution in [3.8, 4) is 5.75 Å². The maximum absolute atomic E-state index is 12.7. The van der Waals surface area contributed by atoms with Crippen LogP contribution in [0.25, 0.3) is 0 Å². The molecule has 0 spiro atoms. The van der Waals surface area contributed by atoms with E-state index in [0.717, 1.165) is 5.56 Å². The van der Waals surface area contributed by atoms with Crippen LogP contribution in [0.1, 0.15) is 33.2 Å². The highest BCUT2D eigenvalue weighted by Gasteiger charge is 2.51. The lowest BCUT2D eigenvalue weighted by Gasteiger charge is -2.18. The molecule has 0 bridgehead atoms. The van der Waals surface area contributed by atoms with Crippen LogP contribution >= 0.6 is 0 Å². The van der Waals surface area contributed by atoms with Gasteiger partial charge in [-0.1, -0.05) is 29.8 Å². The number of rotatable bonds is 5. The van der Waals surface area contributed by atoms with Gasteiger partial charge in [0.05, 0.1) is 18.8 Å². The molecule has 162 valence electrons. The minimum absolute atomic E-state index is 0.106. The van der Waals surface area contributed by atoms with E-state index < -0.39 is 42.3 Å². The van der Waals surface area contributed by atoms with Crippen LogP contribution in [-0.2, 0) is 23.7 Å². The van der Waals surface area contributed by atoms with Gasteiger partial charge in [-0.3, -0.25) is 4.79 Å². The summed E-state index contributed by atoms with van der Waals surface area (Å²) in [7, 11) is 0. The summed E-state index contributed by atoms with van der Waals surface area (Å²) in [6.45, 7) is 3.40. The lowest BCUT2D eigenvalue weighted by molar-refractivity contribution is -0.131. The molecule has 2 aromatic carbocycles. The predicted octanol–water partition coefficient (Wildman–Crippen LogP) is 2.47. The molecule has 8 heteroatoms. The number of hydrogen-bond acceptors (Lipinski definition) is 8. The monoisotopic (exact) mass is 426 g/mol. The van der Waals surface area contributed by atoms with Crippen molar-refractivity contribution < 1.29 is 38.1 Å². The molecule has 0 N–H and O–H groups in total. The Labute approximate surface area is 179 Å². The molecule has 8 nitrogen and oxygen atoms in total. The van der Waals surface area contributed by atoms with E-state index in [1.807, 2.05) is 13.0 Å². The third-order valence-corrected chi connectivity index (χ3v) is 5.09. The summed E-state index contributed by atoms with van der Waals surface area (Å²) in [5.41, 5.74) is 1.53. The first-order valence-electron chi connectivity index (χ1n) is 9.91. The Morgan fingerprint density at radius 2 is 1.52 bits per heavy atom. The largest absolute Gasteiger partial charge is 0.453 e. The van der Waals surface area contributed by atoms with Gasteiger partial charge < -0.3 is 23.7 Å². The van der Waals surface area contributed by atoms with E-state index in [1.54, 1.807) is 30.3 Å². The second kappa shape index (κ2) is 8.87. The summed E-state index contributed by atoms with van der Waals surface area (Å²) in [6, 6.07) is 13.4. The molecular weight excluding hydrogens is 404 g/mol. The smallest absolute Gasteiger partial charge is 0.342 e. The summed E-state index contributed by atoms with van der Waals surface area (Å²) < 4.78 is 27.7. The van der Waals surface area contributed by atoms with Gasteiger partial charge >= 0.3 is 17.9 Å². The molecule has 4 atom stereocenters. The topological polar surface area (TPSA) is 97.4 Å². The second-order valence-corrected chi connectivity index (χ2v) is 7.44. The van der Waals surface area contributed by atoms with Gasteiger partial charge in [0.15, 0.2) is 12.2 Å². The van der Waals surface area contributed by atoms with Crippen molar-refractivity contribution in [1.29, 1.82) is 0 Å². The van der Waals surface area contributed by atoms with Crippen molar-refractivity contribution in [2.75, 3.05) is 13.2 Å². The first kappa shape index (κ1) is 21.0. The highest BCUT2D eigenvalue weighted by molar-refractivity contribution is 5.93. The van der Waals surface area contributed by atoms with Gasteiger partial charge in [0.2, 0.25) is 0 Å². The maximum atomic E-state index is 12.7. The number of hydrogen-bond donors (Lipinski definition) is 0. The van der Waals surface area contributed by atoms with Gasteiger partial charge in [-0.05, 0) is 31.2 Å². The first-order valence-corrected chi connectivity index (χ1v) is 9.91. The standard InChI is InChI=1S/C23H22O8/c1-13-6-5-7-15(10-13)22(25)30-18-11-27-21-19(12-28-20(18)21)31-23(26)16-8-3-4-9-17(16)29-14(2)24/h3-10,18-21H,11-12H2,1-2H3/t18-,19+,20-,21-/m1/s1. The van der Waals surface area contributed by atoms with E-state index in [9.17, 15) is 14.4 Å². The molecule has 31 heavy (non-hydrogen) atoms. The zero-order valence-electron chi connectivity index (χ0n) is 17.1. The quantitative estimate of drug-likeness (QED) is 0.531. The number of ether oxygens (including phenoxy) is 5. The first-order chi connectivity index (χ1) is 14.9. The van der Waals surface area contributed by atoms with Crippen molar-refractivity contribution >= 4 is 17.9 Å². The van der Waals surface area contributed by atoms with Crippen molar-refractivity contribution in [2.24, 2.45) is 0 Å². The molecule has 2 fully saturated rings. The van der Waals surface area contributed by atoms with Crippen molar-refractivity contribution in [2.45, 2.75) is 38.3 Å². The summed E-state index contributed by atoms with van der Waals surface area (Å²) >= 11 is 0. The van der Waals surface area contributed by atoms with Crippen LogP contribution in [0.3, 0.4) is 0 Å². The zero-order chi connectivity index (χ0) is 22.0. The Kier molecular flexibility index (Phi) is 6.01. The fourth-order valence-electron chi connectivity index (χ4n) is 3.69. The number of para-hydroxylation sites is 1. The molecule has 2 aliphatic rings. The summed E-state index contributed by atoms with van der Waals surface area (Å²) in [6.07, 6.45) is -2.36. The Morgan fingerprint density at radius 3 is 2.16 bits per heavy atom. The number of carbonyl (C=O) groups is 3. The van der Waals surface area contributed by atoms with Crippen LogP contribution in [0, 0.1) is 6.92 Å². The molecule has 0 radical (unpaired) electrons. The van der Waals surface area contributed by atoms with Gasteiger partial charge in [0.25, 0.3) is 0 Å². The van der Waals surface area contributed by atoms with E-state index >= 15 is 0 Å². The highest BCUT2D eigenvalue weighted by Crippen LogP contribution is 2.32. The summed E-state index contributed by atoms with van der Waals surface area (Å²) in [5.74, 6) is -1.54. The van der Waals surface area contributed by atoms with Crippen LogP contribution < -0.4 is 4.74 Å². The van der Waals surface area contributed by atoms with Crippen molar-refractivity contribution in [1.82, 2.24) is 0 Å².